The molecule has 1 aromatic heterocycles. The van der Waals surface area contributed by atoms with Crippen LogP contribution in [0, 0.1) is 0 Å². The van der Waals surface area contributed by atoms with Gasteiger partial charge < -0.3 is 20.1 Å². The van der Waals surface area contributed by atoms with Gasteiger partial charge >= 0.3 is 0 Å². The standard InChI is InChI=1S/C28H31N5O3/c1-20-15-22-5-6-25(19-23(22)16-20)36-27-7-8-30-28(32-27)31-24-4-2-3-21(17-24)18-26(34)29-9-10-33-11-13-35-14-12-33/h2-8,16-17,19H,9-15,18H2,1H3,(H,29,34)(H,30,31,32). The molecule has 8 nitrogen and oxygen atoms in total. The first-order valence-electron chi connectivity index (χ1n) is 12.3. The predicted octanol–water partition coefficient (Wildman–Crippen LogP) is 3.96. The molecule has 1 aliphatic heterocycles. The highest BCUT2D eigenvalue weighted by Crippen LogP contribution is 2.30. The quantitative estimate of drug-likeness (QED) is 0.474. The monoisotopic (exact) mass is 485 g/mol. The summed E-state index contributed by atoms with van der Waals surface area (Å²) in [7, 11) is 0. The number of fused-ring (bicyclic) bond motifs is 1. The van der Waals surface area contributed by atoms with Crippen molar-refractivity contribution in [3.8, 4) is 11.6 Å². The number of carbonyl (C=O) groups is 1. The first kappa shape index (κ1) is 24.0. The molecule has 1 fully saturated rings. The van der Waals surface area contributed by atoms with E-state index in [0.29, 0.717) is 24.8 Å². The minimum absolute atomic E-state index is 0.00596. The average molecular weight is 486 g/mol. The Hall–Kier alpha value is -3.75. The smallest absolute Gasteiger partial charge is 0.230 e. The lowest BCUT2D eigenvalue weighted by Gasteiger charge is -2.26. The highest BCUT2D eigenvalue weighted by Gasteiger charge is 2.12. The minimum atomic E-state index is 0.00596. The maximum atomic E-state index is 12.4. The van der Waals surface area contributed by atoms with Crippen molar-refractivity contribution in [1.82, 2.24) is 20.2 Å². The summed E-state index contributed by atoms with van der Waals surface area (Å²) >= 11 is 0. The van der Waals surface area contributed by atoms with Gasteiger partial charge in [-0.3, -0.25) is 9.69 Å². The molecular formula is C28H31N5O3. The van der Waals surface area contributed by atoms with Gasteiger partial charge in [-0.2, -0.15) is 4.98 Å². The van der Waals surface area contributed by atoms with Gasteiger partial charge in [-0.15, -0.1) is 0 Å². The summed E-state index contributed by atoms with van der Waals surface area (Å²) in [5.74, 6) is 1.64. The molecule has 2 aliphatic rings. The fourth-order valence-electron chi connectivity index (χ4n) is 4.44. The van der Waals surface area contributed by atoms with E-state index in [0.717, 1.165) is 56.3 Å². The SMILES string of the molecule is CC1=Cc2cc(Oc3ccnc(Nc4cccc(CC(=O)NCCN5CCOCC5)c4)n3)ccc2C1. The molecule has 0 spiro atoms. The molecule has 2 aromatic carbocycles. The van der Waals surface area contributed by atoms with Crippen LogP contribution in [0.15, 0.2) is 60.3 Å². The minimum Gasteiger partial charge on any atom is -0.439 e. The number of nitrogens with one attached hydrogen (secondary N) is 2. The van der Waals surface area contributed by atoms with Crippen LogP contribution in [0.1, 0.15) is 23.6 Å². The van der Waals surface area contributed by atoms with Crippen LogP contribution in [-0.2, 0) is 22.4 Å². The summed E-state index contributed by atoms with van der Waals surface area (Å²) in [6.07, 6.45) is 5.15. The van der Waals surface area contributed by atoms with Gasteiger partial charge in [0, 0.05) is 44.1 Å². The van der Waals surface area contributed by atoms with Gasteiger partial charge in [0.15, 0.2) is 0 Å². The van der Waals surface area contributed by atoms with E-state index in [1.807, 2.05) is 36.4 Å². The molecule has 0 atom stereocenters. The topological polar surface area (TPSA) is 88.6 Å². The van der Waals surface area contributed by atoms with Gasteiger partial charge in [0.25, 0.3) is 0 Å². The van der Waals surface area contributed by atoms with Gasteiger partial charge in [0.2, 0.25) is 17.7 Å². The third-order valence-electron chi connectivity index (χ3n) is 6.24. The van der Waals surface area contributed by atoms with Crippen LogP contribution < -0.4 is 15.4 Å². The third kappa shape index (κ3) is 6.47. The molecular weight excluding hydrogens is 454 g/mol. The van der Waals surface area contributed by atoms with Crippen LogP contribution in [-0.4, -0.2) is 60.2 Å². The molecule has 0 radical (unpaired) electrons. The molecule has 3 aromatic rings. The van der Waals surface area contributed by atoms with Crippen molar-refractivity contribution in [2.75, 3.05) is 44.7 Å². The number of nitrogens with zero attached hydrogens (tertiary/aromatic N) is 3. The molecule has 0 saturated carbocycles. The van der Waals surface area contributed by atoms with Gasteiger partial charge in [0.1, 0.15) is 5.75 Å². The van der Waals surface area contributed by atoms with Crippen LogP contribution in [0.4, 0.5) is 11.6 Å². The fraction of sp³-hybridized carbons (Fsp3) is 0.321. The Morgan fingerprint density at radius 2 is 2.03 bits per heavy atom. The van der Waals surface area contributed by atoms with Crippen LogP contribution in [0.3, 0.4) is 0 Å². The van der Waals surface area contributed by atoms with Crippen LogP contribution >= 0.6 is 0 Å². The summed E-state index contributed by atoms with van der Waals surface area (Å²) < 4.78 is 11.3. The van der Waals surface area contributed by atoms with E-state index in [2.05, 4.69) is 44.6 Å². The maximum absolute atomic E-state index is 12.4. The molecule has 0 unspecified atom stereocenters. The van der Waals surface area contributed by atoms with E-state index in [-0.39, 0.29) is 5.91 Å². The number of benzene rings is 2. The van der Waals surface area contributed by atoms with Crippen LogP contribution in [0.25, 0.3) is 6.08 Å². The van der Waals surface area contributed by atoms with Crippen LogP contribution in [0.5, 0.6) is 11.6 Å². The second kappa shape index (κ2) is 11.3. The fourth-order valence-corrected chi connectivity index (χ4v) is 4.44. The summed E-state index contributed by atoms with van der Waals surface area (Å²) in [5, 5.41) is 6.22. The number of hydrogen-bond acceptors (Lipinski definition) is 7. The van der Waals surface area contributed by atoms with Crippen LogP contribution in [0.2, 0.25) is 0 Å². The number of hydrogen-bond donors (Lipinski definition) is 2. The number of allylic oxidation sites excluding steroid dienone is 1. The first-order valence-corrected chi connectivity index (χ1v) is 12.3. The third-order valence-corrected chi connectivity index (χ3v) is 6.24. The summed E-state index contributed by atoms with van der Waals surface area (Å²) in [6.45, 7) is 6.98. The molecule has 2 N–H and O–H groups in total. The van der Waals surface area contributed by atoms with Crippen molar-refractivity contribution in [2.24, 2.45) is 0 Å². The second-order valence-electron chi connectivity index (χ2n) is 9.15. The van der Waals surface area contributed by atoms with E-state index >= 15 is 0 Å². The van der Waals surface area contributed by atoms with Gasteiger partial charge in [-0.05, 0) is 54.3 Å². The number of anilines is 2. The van der Waals surface area contributed by atoms with Crippen molar-refractivity contribution in [3.05, 3.63) is 77.0 Å². The summed E-state index contributed by atoms with van der Waals surface area (Å²) in [4.78, 5) is 23.5. The lowest BCUT2D eigenvalue weighted by atomic mass is 10.1. The van der Waals surface area contributed by atoms with Gasteiger partial charge in [-0.25, -0.2) is 4.98 Å². The van der Waals surface area contributed by atoms with E-state index in [1.165, 1.54) is 16.7 Å². The molecule has 8 heteroatoms. The summed E-state index contributed by atoms with van der Waals surface area (Å²) in [5.41, 5.74) is 5.58. The van der Waals surface area contributed by atoms with Crippen molar-refractivity contribution in [1.29, 1.82) is 0 Å². The average Bonchev–Trinajstić information content (AvgIpc) is 3.24. The highest BCUT2D eigenvalue weighted by atomic mass is 16.5. The molecule has 1 aliphatic carbocycles. The maximum Gasteiger partial charge on any atom is 0.230 e. The van der Waals surface area contributed by atoms with E-state index in [9.17, 15) is 4.79 Å². The zero-order valence-electron chi connectivity index (χ0n) is 20.5. The largest absolute Gasteiger partial charge is 0.439 e. The number of carbonyl (C=O) groups excluding carboxylic acids is 1. The Labute approximate surface area is 211 Å². The predicted molar refractivity (Wildman–Crippen MR) is 140 cm³/mol. The van der Waals surface area contributed by atoms with Crippen molar-refractivity contribution in [2.45, 2.75) is 19.8 Å². The van der Waals surface area contributed by atoms with Gasteiger partial charge in [0.05, 0.1) is 19.6 Å². The Balaban J connectivity index is 1.15. The van der Waals surface area contributed by atoms with E-state index in [1.54, 1.807) is 12.3 Å². The molecule has 2 heterocycles. The Morgan fingerprint density at radius 1 is 1.14 bits per heavy atom. The zero-order chi connectivity index (χ0) is 24.7. The molecule has 1 saturated heterocycles. The number of amides is 1. The Kier molecular flexibility index (Phi) is 7.54. The van der Waals surface area contributed by atoms with E-state index in [4.69, 9.17) is 9.47 Å². The van der Waals surface area contributed by atoms with Crippen molar-refractivity contribution in [3.63, 3.8) is 0 Å². The summed E-state index contributed by atoms with van der Waals surface area (Å²) in [6, 6.07) is 15.6. The normalized spacial score (nSPS) is 15.2. The number of morpholine rings is 1. The van der Waals surface area contributed by atoms with E-state index < -0.39 is 0 Å². The molecule has 5 rings (SSSR count). The number of aromatic nitrogens is 2. The van der Waals surface area contributed by atoms with Crippen molar-refractivity contribution >= 4 is 23.6 Å². The molecule has 186 valence electrons. The second-order valence-corrected chi connectivity index (χ2v) is 9.15. The molecule has 0 bridgehead atoms. The van der Waals surface area contributed by atoms with Gasteiger partial charge in [-0.1, -0.05) is 29.8 Å². The molecule has 36 heavy (non-hydrogen) atoms. The Morgan fingerprint density at radius 3 is 2.92 bits per heavy atom. The number of ether oxygens (including phenoxy) is 2. The highest BCUT2D eigenvalue weighted by molar-refractivity contribution is 5.79. The Bertz CT molecular complexity index is 1250. The molecule has 1 amide bonds. The lowest BCUT2D eigenvalue weighted by Crippen LogP contribution is -2.41. The number of rotatable bonds is 9. The lowest BCUT2D eigenvalue weighted by molar-refractivity contribution is -0.120. The first-order chi connectivity index (χ1) is 17.6. The zero-order valence-corrected chi connectivity index (χ0v) is 20.5. The van der Waals surface area contributed by atoms with Crippen molar-refractivity contribution < 1.29 is 14.3 Å².